The largest absolute Gasteiger partial charge is 0.377 e. The summed E-state index contributed by atoms with van der Waals surface area (Å²) in [5, 5.41) is 3.34. The number of hydrogen-bond acceptors (Lipinski definition) is 2. The van der Waals surface area contributed by atoms with E-state index in [1.54, 1.807) is 17.4 Å². The number of thiophene rings is 1. The maximum atomic E-state index is 13.5. The van der Waals surface area contributed by atoms with Crippen molar-refractivity contribution < 1.29 is 4.39 Å². The van der Waals surface area contributed by atoms with E-state index < -0.39 is 0 Å². The van der Waals surface area contributed by atoms with Crippen LogP contribution in [0, 0.1) is 12.7 Å². The lowest BCUT2D eigenvalue weighted by Gasteiger charge is -2.16. The van der Waals surface area contributed by atoms with E-state index in [1.807, 2.05) is 13.0 Å². The minimum atomic E-state index is -0.248. The molecule has 1 heterocycles. The maximum absolute atomic E-state index is 13.5. The lowest BCUT2D eigenvalue weighted by Crippen LogP contribution is -2.06. The average Bonchev–Trinajstić information content (AvgIpc) is 2.73. The zero-order valence-electron chi connectivity index (χ0n) is 9.93. The SMILES string of the molecule is Cc1cc(Br)c(F)cc1NC(C)c1ccc(Br)s1. The van der Waals surface area contributed by atoms with Gasteiger partial charge in [0.2, 0.25) is 0 Å². The predicted octanol–water partition coefficient (Wildman–Crippen LogP) is 5.89. The molecule has 0 amide bonds. The van der Waals surface area contributed by atoms with Crippen molar-refractivity contribution in [1.82, 2.24) is 0 Å². The van der Waals surface area contributed by atoms with Crippen molar-refractivity contribution in [3.05, 3.63) is 48.8 Å². The normalized spacial score (nSPS) is 12.5. The van der Waals surface area contributed by atoms with E-state index in [2.05, 4.69) is 50.2 Å². The molecule has 0 aliphatic heterocycles. The number of aryl methyl sites for hydroxylation is 1. The molecule has 2 rings (SSSR count). The molecule has 18 heavy (non-hydrogen) atoms. The molecule has 1 atom stereocenters. The number of halogens is 3. The van der Waals surface area contributed by atoms with Crippen LogP contribution in [0.1, 0.15) is 23.4 Å². The Kier molecular flexibility index (Phi) is 4.45. The van der Waals surface area contributed by atoms with Crippen molar-refractivity contribution >= 4 is 48.9 Å². The molecule has 0 aliphatic rings. The molecule has 0 saturated heterocycles. The van der Waals surface area contributed by atoms with Crippen molar-refractivity contribution in [1.29, 1.82) is 0 Å². The number of hydrogen-bond donors (Lipinski definition) is 1. The minimum Gasteiger partial charge on any atom is -0.377 e. The monoisotopic (exact) mass is 391 g/mol. The molecule has 0 aliphatic carbocycles. The molecule has 0 fully saturated rings. The predicted molar refractivity (Wildman–Crippen MR) is 82.9 cm³/mol. The van der Waals surface area contributed by atoms with Gasteiger partial charge in [-0.2, -0.15) is 0 Å². The van der Waals surface area contributed by atoms with E-state index in [0.29, 0.717) is 4.47 Å². The Balaban J connectivity index is 2.21. The van der Waals surface area contributed by atoms with Crippen LogP contribution in [0.25, 0.3) is 0 Å². The molecule has 0 radical (unpaired) electrons. The number of benzene rings is 1. The first-order chi connectivity index (χ1) is 8.47. The van der Waals surface area contributed by atoms with E-state index in [9.17, 15) is 4.39 Å². The van der Waals surface area contributed by atoms with Crippen LogP contribution in [0.15, 0.2) is 32.5 Å². The lowest BCUT2D eigenvalue weighted by atomic mass is 10.1. The average molecular weight is 393 g/mol. The highest BCUT2D eigenvalue weighted by atomic mass is 79.9. The van der Waals surface area contributed by atoms with Crippen LogP contribution in [0.4, 0.5) is 10.1 Å². The van der Waals surface area contributed by atoms with Gasteiger partial charge in [0.25, 0.3) is 0 Å². The van der Waals surface area contributed by atoms with Gasteiger partial charge < -0.3 is 5.32 Å². The van der Waals surface area contributed by atoms with E-state index in [0.717, 1.165) is 15.0 Å². The highest BCUT2D eigenvalue weighted by Crippen LogP contribution is 2.31. The first kappa shape index (κ1) is 14.0. The smallest absolute Gasteiger partial charge is 0.139 e. The standard InChI is InChI=1S/C13H12Br2FNS/c1-7-5-9(14)10(16)6-11(7)17-8(2)12-3-4-13(15)18-12/h3-6,8,17H,1-2H3. The Bertz CT molecular complexity index is 568. The van der Waals surface area contributed by atoms with Gasteiger partial charge in [-0.3, -0.25) is 0 Å². The first-order valence-corrected chi connectivity index (χ1v) is 7.85. The van der Waals surface area contributed by atoms with Crippen molar-refractivity contribution in [2.24, 2.45) is 0 Å². The van der Waals surface area contributed by atoms with Crippen LogP contribution in [-0.4, -0.2) is 0 Å². The van der Waals surface area contributed by atoms with Gasteiger partial charge in [-0.15, -0.1) is 11.3 Å². The van der Waals surface area contributed by atoms with Crippen LogP contribution in [0.5, 0.6) is 0 Å². The Labute approximate surface area is 127 Å². The van der Waals surface area contributed by atoms with Crippen LogP contribution in [0.2, 0.25) is 0 Å². The molecule has 1 nitrogen and oxygen atoms in total. The fourth-order valence-electron chi connectivity index (χ4n) is 1.67. The minimum absolute atomic E-state index is 0.153. The second-order valence-electron chi connectivity index (χ2n) is 4.09. The molecule has 1 N–H and O–H groups in total. The van der Waals surface area contributed by atoms with Crippen LogP contribution in [-0.2, 0) is 0 Å². The Morgan fingerprint density at radius 2 is 2.00 bits per heavy atom. The van der Waals surface area contributed by atoms with E-state index in [1.165, 1.54) is 10.9 Å². The highest BCUT2D eigenvalue weighted by Gasteiger charge is 2.11. The number of anilines is 1. The second kappa shape index (κ2) is 5.72. The summed E-state index contributed by atoms with van der Waals surface area (Å²) >= 11 is 8.31. The summed E-state index contributed by atoms with van der Waals surface area (Å²) in [6.45, 7) is 4.03. The molecule has 1 unspecified atom stereocenters. The Hall–Kier alpha value is -0.390. The first-order valence-electron chi connectivity index (χ1n) is 5.45. The van der Waals surface area contributed by atoms with Crippen LogP contribution in [0.3, 0.4) is 0 Å². The van der Waals surface area contributed by atoms with E-state index in [4.69, 9.17) is 0 Å². The molecule has 0 saturated carbocycles. The zero-order chi connectivity index (χ0) is 13.3. The fraction of sp³-hybridized carbons (Fsp3) is 0.231. The number of nitrogens with one attached hydrogen (secondary N) is 1. The van der Waals surface area contributed by atoms with Gasteiger partial charge >= 0.3 is 0 Å². The van der Waals surface area contributed by atoms with Gasteiger partial charge in [0.05, 0.1) is 14.3 Å². The van der Waals surface area contributed by atoms with Gasteiger partial charge in [-0.05, 0) is 75.5 Å². The molecular formula is C13H12Br2FNS. The molecular weight excluding hydrogens is 381 g/mol. The third-order valence-corrected chi connectivity index (χ3v) is 5.07. The second-order valence-corrected chi connectivity index (χ2v) is 7.44. The number of rotatable bonds is 3. The quantitative estimate of drug-likeness (QED) is 0.686. The molecule has 2 aromatic rings. The third kappa shape index (κ3) is 3.13. The van der Waals surface area contributed by atoms with Crippen molar-refractivity contribution in [2.75, 3.05) is 5.32 Å². The summed E-state index contributed by atoms with van der Waals surface area (Å²) in [5.41, 5.74) is 1.85. The van der Waals surface area contributed by atoms with E-state index >= 15 is 0 Å². The summed E-state index contributed by atoms with van der Waals surface area (Å²) < 4.78 is 15.1. The van der Waals surface area contributed by atoms with Crippen LogP contribution < -0.4 is 5.32 Å². The van der Waals surface area contributed by atoms with Gasteiger partial charge in [0, 0.05) is 10.6 Å². The Morgan fingerprint density at radius 3 is 2.61 bits per heavy atom. The molecule has 5 heteroatoms. The molecule has 1 aromatic heterocycles. The van der Waals surface area contributed by atoms with Crippen LogP contribution >= 0.6 is 43.2 Å². The molecule has 1 aromatic carbocycles. The summed E-state index contributed by atoms with van der Waals surface area (Å²) in [5.74, 6) is -0.248. The highest BCUT2D eigenvalue weighted by molar-refractivity contribution is 9.11. The summed E-state index contributed by atoms with van der Waals surface area (Å²) in [6, 6.07) is 7.55. The zero-order valence-corrected chi connectivity index (χ0v) is 13.9. The van der Waals surface area contributed by atoms with Gasteiger partial charge in [0.1, 0.15) is 5.82 Å². The fourth-order valence-corrected chi connectivity index (χ4v) is 3.55. The van der Waals surface area contributed by atoms with Crippen molar-refractivity contribution in [2.45, 2.75) is 19.9 Å². The summed E-state index contributed by atoms with van der Waals surface area (Å²) in [6.07, 6.45) is 0. The van der Waals surface area contributed by atoms with Crippen molar-refractivity contribution in [3.8, 4) is 0 Å². The van der Waals surface area contributed by atoms with Gasteiger partial charge in [0.15, 0.2) is 0 Å². The van der Waals surface area contributed by atoms with Gasteiger partial charge in [-0.25, -0.2) is 4.39 Å². The Morgan fingerprint density at radius 1 is 1.28 bits per heavy atom. The molecule has 0 spiro atoms. The lowest BCUT2D eigenvalue weighted by molar-refractivity contribution is 0.620. The topological polar surface area (TPSA) is 12.0 Å². The van der Waals surface area contributed by atoms with Crippen molar-refractivity contribution in [3.63, 3.8) is 0 Å². The molecule has 96 valence electrons. The summed E-state index contributed by atoms with van der Waals surface area (Å²) in [7, 11) is 0. The maximum Gasteiger partial charge on any atom is 0.139 e. The van der Waals surface area contributed by atoms with E-state index in [-0.39, 0.29) is 11.9 Å². The third-order valence-electron chi connectivity index (χ3n) is 2.66. The van der Waals surface area contributed by atoms with Gasteiger partial charge in [-0.1, -0.05) is 0 Å². The summed E-state index contributed by atoms with van der Waals surface area (Å²) in [4.78, 5) is 1.21. The molecule has 0 bridgehead atoms.